The summed E-state index contributed by atoms with van der Waals surface area (Å²) in [7, 11) is 0. The Balaban J connectivity index is 2.90. The molecule has 1 aromatic rings. The van der Waals surface area contributed by atoms with Crippen LogP contribution in [0.2, 0.25) is 10.0 Å². The van der Waals surface area contributed by atoms with Gasteiger partial charge in [0.2, 0.25) is 0 Å². The number of benzene rings is 1. The van der Waals surface area contributed by atoms with Crippen molar-refractivity contribution < 1.29 is 9.53 Å². The average Bonchev–Trinajstić information content (AvgIpc) is 2.09. The number of halogens is 2. The minimum Gasteiger partial charge on any atom is -0.424 e. The van der Waals surface area contributed by atoms with Gasteiger partial charge in [-0.05, 0) is 26.8 Å². The van der Waals surface area contributed by atoms with Crippen molar-refractivity contribution in [3.05, 3.63) is 28.2 Å². The zero-order valence-corrected chi connectivity index (χ0v) is 10.2. The molecule has 0 fully saturated rings. The molecule has 2 nitrogen and oxygen atoms in total. The van der Waals surface area contributed by atoms with Gasteiger partial charge in [-0.2, -0.15) is 0 Å². The second-order valence-corrected chi connectivity index (χ2v) is 4.95. The van der Waals surface area contributed by atoms with Crippen LogP contribution in [0, 0.1) is 11.5 Å². The summed E-state index contributed by atoms with van der Waals surface area (Å²) in [6, 6.07) is 5.63. The predicted octanol–water partition coefficient (Wildman–Crippen LogP) is 3.75. The van der Waals surface area contributed by atoms with E-state index in [0.717, 1.165) is 0 Å². The van der Waals surface area contributed by atoms with E-state index in [4.69, 9.17) is 27.9 Å². The molecular weight excluding hydrogens is 235 g/mol. The second-order valence-electron chi connectivity index (χ2n) is 4.13. The van der Waals surface area contributed by atoms with Gasteiger partial charge in [-0.15, -0.1) is 0 Å². The van der Waals surface area contributed by atoms with Crippen molar-refractivity contribution in [1.82, 2.24) is 0 Å². The van der Waals surface area contributed by atoms with Crippen molar-refractivity contribution in [3.8, 4) is 5.75 Å². The fraction of sp³-hybridized carbons (Fsp3) is 0.364. The molecule has 0 heterocycles. The van der Waals surface area contributed by atoms with Crippen molar-refractivity contribution in [1.29, 1.82) is 0 Å². The molecule has 0 saturated carbocycles. The first kappa shape index (κ1) is 12.3. The zero-order chi connectivity index (χ0) is 11.6. The quantitative estimate of drug-likeness (QED) is 0.557. The van der Waals surface area contributed by atoms with E-state index in [-0.39, 0.29) is 11.7 Å². The second kappa shape index (κ2) is 4.42. The van der Waals surface area contributed by atoms with E-state index in [9.17, 15) is 4.79 Å². The molecule has 0 aliphatic carbocycles. The lowest BCUT2D eigenvalue weighted by molar-refractivity contribution is -0.142. The maximum Gasteiger partial charge on any atom is 0.316 e. The standard InChI is InChI=1S/C11H11Cl2O2/c1-11(2,3)10(14)15-9-6-7(12)4-5-8(9)13/h5-6H,1-3H3. The number of rotatable bonds is 1. The summed E-state index contributed by atoms with van der Waals surface area (Å²) in [5, 5.41) is 0.674. The number of hydrogen-bond donors (Lipinski definition) is 0. The Morgan fingerprint density at radius 1 is 1.40 bits per heavy atom. The molecule has 0 aromatic heterocycles. The Hall–Kier alpha value is -0.730. The fourth-order valence-corrected chi connectivity index (χ4v) is 1.06. The molecule has 0 bridgehead atoms. The largest absolute Gasteiger partial charge is 0.424 e. The molecule has 81 valence electrons. The van der Waals surface area contributed by atoms with Crippen LogP contribution in [0.15, 0.2) is 12.1 Å². The third-order valence-corrected chi connectivity index (χ3v) is 2.16. The van der Waals surface area contributed by atoms with Gasteiger partial charge in [0.05, 0.1) is 15.5 Å². The van der Waals surface area contributed by atoms with Crippen LogP contribution in [0.5, 0.6) is 5.75 Å². The monoisotopic (exact) mass is 245 g/mol. The SMILES string of the molecule is CC(C)(C)C(=O)Oc1cc(Cl)[c]cc1Cl. The highest BCUT2D eigenvalue weighted by Crippen LogP contribution is 2.29. The summed E-state index contributed by atoms with van der Waals surface area (Å²) < 4.78 is 5.12. The first-order valence-electron chi connectivity index (χ1n) is 4.40. The van der Waals surface area contributed by atoms with Gasteiger partial charge < -0.3 is 4.74 Å². The highest BCUT2D eigenvalue weighted by atomic mass is 35.5. The molecule has 1 aromatic carbocycles. The molecule has 0 unspecified atom stereocenters. The molecule has 1 rings (SSSR count). The van der Waals surface area contributed by atoms with Crippen LogP contribution < -0.4 is 4.74 Å². The Kier molecular flexibility index (Phi) is 3.63. The van der Waals surface area contributed by atoms with Crippen molar-refractivity contribution in [3.63, 3.8) is 0 Å². The van der Waals surface area contributed by atoms with Gasteiger partial charge >= 0.3 is 5.97 Å². The van der Waals surface area contributed by atoms with Gasteiger partial charge in [0, 0.05) is 12.1 Å². The molecule has 0 atom stereocenters. The lowest BCUT2D eigenvalue weighted by atomic mass is 9.97. The Morgan fingerprint density at radius 3 is 2.53 bits per heavy atom. The molecule has 4 heteroatoms. The zero-order valence-electron chi connectivity index (χ0n) is 8.73. The minimum atomic E-state index is -0.574. The first-order chi connectivity index (χ1) is 6.80. The Bertz CT molecular complexity index is 381. The fourth-order valence-electron chi connectivity index (χ4n) is 0.760. The number of carbonyl (C=O) groups excluding carboxylic acids is 1. The van der Waals surface area contributed by atoms with Crippen molar-refractivity contribution in [2.75, 3.05) is 0 Å². The van der Waals surface area contributed by atoms with Crippen molar-refractivity contribution in [2.45, 2.75) is 20.8 Å². The van der Waals surface area contributed by atoms with Gasteiger partial charge in [0.1, 0.15) is 0 Å². The maximum atomic E-state index is 11.6. The molecule has 15 heavy (non-hydrogen) atoms. The average molecular weight is 246 g/mol. The molecule has 0 aliphatic rings. The van der Waals surface area contributed by atoms with Crippen molar-refractivity contribution >= 4 is 29.2 Å². The summed E-state index contributed by atoms with van der Waals surface area (Å²) in [6.45, 7) is 5.29. The van der Waals surface area contributed by atoms with Gasteiger partial charge in [0.25, 0.3) is 0 Å². The molecule has 1 radical (unpaired) electrons. The van der Waals surface area contributed by atoms with E-state index < -0.39 is 5.41 Å². The van der Waals surface area contributed by atoms with Crippen LogP contribution in [0.3, 0.4) is 0 Å². The highest BCUT2D eigenvalue weighted by Gasteiger charge is 2.24. The third kappa shape index (κ3) is 3.40. The lowest BCUT2D eigenvalue weighted by Gasteiger charge is -2.16. The topological polar surface area (TPSA) is 26.3 Å². The number of carbonyl (C=O) groups is 1. The lowest BCUT2D eigenvalue weighted by Crippen LogP contribution is -2.25. The summed E-state index contributed by atoms with van der Waals surface area (Å²) in [5.74, 6) is -0.0907. The van der Waals surface area contributed by atoms with E-state index in [2.05, 4.69) is 6.07 Å². The van der Waals surface area contributed by atoms with E-state index >= 15 is 0 Å². The van der Waals surface area contributed by atoms with E-state index in [1.807, 2.05) is 0 Å². The number of ether oxygens (including phenoxy) is 1. The minimum absolute atomic E-state index is 0.264. The first-order valence-corrected chi connectivity index (χ1v) is 5.15. The van der Waals surface area contributed by atoms with Crippen LogP contribution in [0.1, 0.15) is 20.8 Å². The maximum absolute atomic E-state index is 11.6. The highest BCUT2D eigenvalue weighted by molar-refractivity contribution is 6.34. The molecule has 0 aliphatic heterocycles. The van der Waals surface area contributed by atoms with E-state index in [1.165, 1.54) is 12.1 Å². The smallest absolute Gasteiger partial charge is 0.316 e. The molecular formula is C11H11Cl2O2. The molecule has 0 amide bonds. The summed E-state index contributed by atoms with van der Waals surface area (Å²) in [6.07, 6.45) is 0. The predicted molar refractivity (Wildman–Crippen MR) is 60.4 cm³/mol. The summed E-state index contributed by atoms with van der Waals surface area (Å²) in [4.78, 5) is 11.6. The molecule has 0 spiro atoms. The van der Waals surface area contributed by atoms with Crippen LogP contribution in [-0.4, -0.2) is 5.97 Å². The summed E-state index contributed by atoms with van der Waals surface area (Å²) in [5.41, 5.74) is -0.574. The summed E-state index contributed by atoms with van der Waals surface area (Å²) >= 11 is 11.5. The Labute approximate surface area is 99.1 Å². The van der Waals surface area contributed by atoms with Crippen LogP contribution in [0.25, 0.3) is 0 Å². The molecule has 0 N–H and O–H groups in total. The van der Waals surface area contributed by atoms with Crippen LogP contribution >= 0.6 is 23.2 Å². The molecule has 0 saturated heterocycles. The number of hydrogen-bond acceptors (Lipinski definition) is 2. The van der Waals surface area contributed by atoms with Crippen molar-refractivity contribution in [2.24, 2.45) is 5.41 Å². The van der Waals surface area contributed by atoms with Gasteiger partial charge in [-0.3, -0.25) is 4.79 Å². The van der Waals surface area contributed by atoms with Gasteiger partial charge in [-0.1, -0.05) is 23.2 Å². The van der Waals surface area contributed by atoms with Gasteiger partial charge in [-0.25, -0.2) is 0 Å². The Morgan fingerprint density at radius 2 is 2.00 bits per heavy atom. The van der Waals surface area contributed by atoms with Gasteiger partial charge in [0.15, 0.2) is 5.75 Å². The van der Waals surface area contributed by atoms with Crippen LogP contribution in [0.4, 0.5) is 0 Å². The third-order valence-electron chi connectivity index (χ3n) is 1.65. The van der Waals surface area contributed by atoms with E-state index in [1.54, 1.807) is 20.8 Å². The van der Waals surface area contributed by atoms with Crippen LogP contribution in [-0.2, 0) is 4.79 Å². The van der Waals surface area contributed by atoms with E-state index in [0.29, 0.717) is 10.0 Å². The normalized spacial score (nSPS) is 11.3. The number of esters is 1.